The van der Waals surface area contributed by atoms with Gasteiger partial charge in [-0.15, -0.1) is 0 Å². The number of nitrogens with one attached hydrogen (secondary N) is 3. The van der Waals surface area contributed by atoms with E-state index in [0.717, 1.165) is 33.8 Å². The Morgan fingerprint density at radius 2 is 1.53 bits per heavy atom. The summed E-state index contributed by atoms with van der Waals surface area (Å²) in [6, 6.07) is 19.0. The van der Waals surface area contributed by atoms with E-state index < -0.39 is 0 Å². The highest BCUT2D eigenvalue weighted by molar-refractivity contribution is 6.01. The molecule has 8 heteroatoms. The summed E-state index contributed by atoms with van der Waals surface area (Å²) in [4.78, 5) is 25.3. The molecule has 2 atom stereocenters. The van der Waals surface area contributed by atoms with Crippen molar-refractivity contribution in [1.82, 2.24) is 0 Å². The standard InChI is InChI=1S/C30H31N3O5/c1-17(34)31-21-11-9-18(10-12-21)29-28-24(32-22-7-5-6-8-23(22)33-29)13-19(14-25(28)35)20-15-26(36-2)30(38-4)27(16-20)37-3/h5-12,15-16,19,29,32-33H,13-14H2,1-4H3,(H,31,34). The molecule has 1 heterocycles. The van der Waals surface area contributed by atoms with Crippen LogP contribution < -0.4 is 30.2 Å². The summed E-state index contributed by atoms with van der Waals surface area (Å²) in [7, 11) is 4.75. The van der Waals surface area contributed by atoms with Crippen molar-refractivity contribution >= 4 is 28.8 Å². The van der Waals surface area contributed by atoms with Gasteiger partial charge in [-0.3, -0.25) is 9.59 Å². The number of carbonyl (C=O) groups is 2. The predicted molar refractivity (Wildman–Crippen MR) is 147 cm³/mol. The highest BCUT2D eigenvalue weighted by Crippen LogP contribution is 2.47. The topological polar surface area (TPSA) is 97.9 Å². The molecule has 0 fully saturated rings. The van der Waals surface area contributed by atoms with Crippen LogP contribution in [0.4, 0.5) is 17.1 Å². The van der Waals surface area contributed by atoms with Gasteiger partial charge in [-0.2, -0.15) is 0 Å². The summed E-state index contributed by atoms with van der Waals surface area (Å²) >= 11 is 0. The number of amides is 1. The first-order chi connectivity index (χ1) is 18.4. The minimum atomic E-state index is -0.346. The quantitative estimate of drug-likeness (QED) is 0.392. The van der Waals surface area contributed by atoms with Gasteiger partial charge in [-0.1, -0.05) is 24.3 Å². The maximum atomic E-state index is 13.9. The van der Waals surface area contributed by atoms with Gasteiger partial charge in [0.05, 0.1) is 38.7 Å². The minimum absolute atomic E-state index is 0.0637. The van der Waals surface area contributed by atoms with Crippen molar-refractivity contribution in [2.45, 2.75) is 31.7 Å². The van der Waals surface area contributed by atoms with Crippen LogP contribution in [0.5, 0.6) is 17.2 Å². The van der Waals surface area contributed by atoms with E-state index in [1.807, 2.05) is 60.7 Å². The third-order valence-electron chi connectivity index (χ3n) is 7.03. The first-order valence-electron chi connectivity index (χ1n) is 12.5. The van der Waals surface area contributed by atoms with Crippen molar-refractivity contribution in [3.05, 3.63) is 83.1 Å². The number of Topliss-reactive ketones (excluding diaryl/α,β-unsaturated/α-hetero) is 1. The Balaban J connectivity index is 1.56. The smallest absolute Gasteiger partial charge is 0.221 e. The van der Waals surface area contributed by atoms with Gasteiger partial charge in [-0.05, 0) is 59.9 Å². The van der Waals surface area contributed by atoms with Gasteiger partial charge < -0.3 is 30.2 Å². The van der Waals surface area contributed by atoms with Crippen molar-refractivity contribution in [3.63, 3.8) is 0 Å². The van der Waals surface area contributed by atoms with Gasteiger partial charge in [0.1, 0.15) is 0 Å². The lowest BCUT2D eigenvalue weighted by atomic mass is 9.78. The highest BCUT2D eigenvalue weighted by atomic mass is 16.5. The maximum absolute atomic E-state index is 13.9. The zero-order valence-corrected chi connectivity index (χ0v) is 21.9. The maximum Gasteiger partial charge on any atom is 0.221 e. The lowest BCUT2D eigenvalue weighted by Crippen LogP contribution is -2.27. The molecule has 0 radical (unpaired) electrons. The minimum Gasteiger partial charge on any atom is -0.493 e. The first kappa shape index (κ1) is 25.2. The molecule has 38 heavy (non-hydrogen) atoms. The normalized spacial score (nSPS) is 18.3. The van der Waals surface area contributed by atoms with Gasteiger partial charge in [0.15, 0.2) is 17.3 Å². The zero-order valence-electron chi connectivity index (χ0n) is 21.9. The average molecular weight is 514 g/mol. The lowest BCUT2D eigenvalue weighted by molar-refractivity contribution is -0.116. The molecule has 3 aromatic rings. The summed E-state index contributed by atoms with van der Waals surface area (Å²) in [5, 5.41) is 9.95. The molecule has 1 aliphatic carbocycles. The molecule has 3 N–H and O–H groups in total. The average Bonchev–Trinajstić information content (AvgIpc) is 3.09. The number of carbonyl (C=O) groups excluding carboxylic acids is 2. The molecule has 8 nitrogen and oxygen atoms in total. The Morgan fingerprint density at radius 3 is 2.13 bits per heavy atom. The molecule has 2 aliphatic rings. The second-order valence-corrected chi connectivity index (χ2v) is 9.43. The molecule has 0 saturated heterocycles. The van der Waals surface area contributed by atoms with E-state index in [4.69, 9.17) is 14.2 Å². The van der Waals surface area contributed by atoms with E-state index in [1.165, 1.54) is 6.92 Å². The number of fused-ring (bicyclic) bond motifs is 1. The number of hydrogen-bond acceptors (Lipinski definition) is 7. The second-order valence-electron chi connectivity index (χ2n) is 9.43. The second kappa shape index (κ2) is 10.5. The molecule has 1 amide bonds. The van der Waals surface area contributed by atoms with Crippen LogP contribution in [-0.4, -0.2) is 33.0 Å². The number of allylic oxidation sites excluding steroid dienone is 1. The van der Waals surface area contributed by atoms with E-state index in [9.17, 15) is 9.59 Å². The fourth-order valence-electron chi connectivity index (χ4n) is 5.28. The SMILES string of the molecule is COc1cc(C2CC(=O)C3=C(C2)Nc2ccccc2NC3c2ccc(NC(C)=O)cc2)cc(OC)c1OC. The summed E-state index contributed by atoms with van der Waals surface area (Å²) < 4.78 is 16.6. The third-order valence-corrected chi connectivity index (χ3v) is 7.03. The van der Waals surface area contributed by atoms with Crippen LogP contribution in [0.15, 0.2) is 71.9 Å². The van der Waals surface area contributed by atoms with Crippen LogP contribution in [0.2, 0.25) is 0 Å². The first-order valence-corrected chi connectivity index (χ1v) is 12.5. The van der Waals surface area contributed by atoms with Crippen LogP contribution in [0, 0.1) is 0 Å². The number of hydrogen-bond donors (Lipinski definition) is 3. The Morgan fingerprint density at radius 1 is 0.868 bits per heavy atom. The largest absolute Gasteiger partial charge is 0.493 e. The van der Waals surface area contributed by atoms with Gasteiger partial charge in [0, 0.05) is 30.3 Å². The van der Waals surface area contributed by atoms with Gasteiger partial charge in [0.2, 0.25) is 11.7 Å². The number of ketones is 1. The van der Waals surface area contributed by atoms with Crippen LogP contribution in [0.1, 0.15) is 42.9 Å². The van der Waals surface area contributed by atoms with Crippen LogP contribution in [0.3, 0.4) is 0 Å². The molecular formula is C30H31N3O5. The number of para-hydroxylation sites is 2. The van der Waals surface area contributed by atoms with Gasteiger partial charge >= 0.3 is 0 Å². The van der Waals surface area contributed by atoms with Crippen LogP contribution >= 0.6 is 0 Å². The molecule has 1 aliphatic heterocycles. The molecule has 0 bridgehead atoms. The lowest BCUT2D eigenvalue weighted by Gasteiger charge is -2.30. The molecule has 196 valence electrons. The third kappa shape index (κ3) is 4.77. The predicted octanol–water partition coefficient (Wildman–Crippen LogP) is 5.65. The summed E-state index contributed by atoms with van der Waals surface area (Å²) in [5.41, 5.74) is 6.02. The van der Waals surface area contributed by atoms with Crippen molar-refractivity contribution in [3.8, 4) is 17.2 Å². The zero-order chi connectivity index (χ0) is 26.8. The monoisotopic (exact) mass is 513 g/mol. The van der Waals surface area contributed by atoms with E-state index in [1.54, 1.807) is 21.3 Å². The Labute approximate surface area is 222 Å². The van der Waals surface area contributed by atoms with Crippen molar-refractivity contribution in [2.24, 2.45) is 0 Å². The number of anilines is 3. The van der Waals surface area contributed by atoms with Crippen molar-refractivity contribution < 1.29 is 23.8 Å². The molecule has 5 rings (SSSR count). The molecule has 2 unspecified atom stereocenters. The number of methoxy groups -OCH3 is 3. The Bertz CT molecular complexity index is 1390. The molecule has 3 aromatic carbocycles. The fourth-order valence-corrected chi connectivity index (χ4v) is 5.28. The molecule has 0 aromatic heterocycles. The summed E-state index contributed by atoms with van der Waals surface area (Å²) in [6.07, 6.45) is 0.980. The Kier molecular flexibility index (Phi) is 6.96. The molecule has 0 spiro atoms. The summed E-state index contributed by atoms with van der Waals surface area (Å²) in [6.45, 7) is 1.48. The van der Waals surface area contributed by atoms with E-state index >= 15 is 0 Å². The van der Waals surface area contributed by atoms with Crippen molar-refractivity contribution in [1.29, 1.82) is 0 Å². The number of benzene rings is 3. The fraction of sp³-hybridized carbons (Fsp3) is 0.267. The molecule has 0 saturated carbocycles. The van der Waals surface area contributed by atoms with Gasteiger partial charge in [0.25, 0.3) is 0 Å². The van der Waals surface area contributed by atoms with Crippen LogP contribution in [0.25, 0.3) is 0 Å². The van der Waals surface area contributed by atoms with Gasteiger partial charge in [-0.25, -0.2) is 0 Å². The van der Waals surface area contributed by atoms with E-state index in [-0.39, 0.29) is 23.7 Å². The van der Waals surface area contributed by atoms with Crippen LogP contribution in [-0.2, 0) is 9.59 Å². The van der Waals surface area contributed by atoms with E-state index in [0.29, 0.717) is 35.8 Å². The van der Waals surface area contributed by atoms with Crippen molar-refractivity contribution in [2.75, 3.05) is 37.3 Å². The Hall–Kier alpha value is -4.46. The van der Waals surface area contributed by atoms with E-state index in [2.05, 4.69) is 16.0 Å². The highest BCUT2D eigenvalue weighted by Gasteiger charge is 2.36. The summed E-state index contributed by atoms with van der Waals surface area (Å²) in [5.74, 6) is 1.51. The molecular weight excluding hydrogens is 482 g/mol. The number of ether oxygens (including phenoxy) is 3. The number of rotatable bonds is 6.